The second-order valence-corrected chi connectivity index (χ2v) is 8.64. The van der Waals surface area contributed by atoms with Crippen LogP contribution in [0.2, 0.25) is 0 Å². The van der Waals surface area contributed by atoms with Crippen LogP contribution in [0.15, 0.2) is 29.4 Å². The number of hydrogen-bond donors (Lipinski definition) is 1. The molecule has 1 aliphatic heterocycles. The smallest absolute Gasteiger partial charge is 0.231 e. The summed E-state index contributed by atoms with van der Waals surface area (Å²) in [5.41, 5.74) is 8.91. The van der Waals surface area contributed by atoms with E-state index < -0.39 is 0 Å². The van der Waals surface area contributed by atoms with Crippen molar-refractivity contribution in [2.24, 2.45) is 12.8 Å². The van der Waals surface area contributed by atoms with Crippen molar-refractivity contribution < 1.29 is 19.1 Å². The van der Waals surface area contributed by atoms with E-state index in [1.165, 1.54) is 11.8 Å². The van der Waals surface area contributed by atoms with E-state index in [1.54, 1.807) is 4.57 Å². The molecule has 0 saturated carbocycles. The number of carbonyl (C=O) groups is 2. The Morgan fingerprint density at radius 1 is 1.16 bits per heavy atom. The number of thioether (sulfide) groups is 1. The van der Waals surface area contributed by atoms with Crippen LogP contribution in [0.1, 0.15) is 39.6 Å². The van der Waals surface area contributed by atoms with Gasteiger partial charge in [-0.25, -0.2) is 0 Å². The largest absolute Gasteiger partial charge is 0.454 e. The van der Waals surface area contributed by atoms with Gasteiger partial charge < -0.3 is 24.3 Å². The van der Waals surface area contributed by atoms with E-state index in [9.17, 15) is 9.59 Å². The van der Waals surface area contributed by atoms with Crippen LogP contribution < -0.4 is 15.2 Å². The third kappa shape index (κ3) is 4.50. The van der Waals surface area contributed by atoms with Gasteiger partial charge >= 0.3 is 0 Å². The minimum Gasteiger partial charge on any atom is -0.454 e. The molecule has 0 radical (unpaired) electrons. The average molecular weight is 456 g/mol. The Hall–Kier alpha value is -3.27. The van der Waals surface area contributed by atoms with Gasteiger partial charge in [0.25, 0.3) is 0 Å². The average Bonchev–Trinajstić information content (AvgIpc) is 3.44. The molecule has 0 atom stereocenters. The van der Waals surface area contributed by atoms with Crippen molar-refractivity contribution in [3.05, 3.63) is 52.6 Å². The third-order valence-electron chi connectivity index (χ3n) is 5.50. The minimum atomic E-state index is -0.381. The summed E-state index contributed by atoms with van der Waals surface area (Å²) >= 11 is 1.33. The van der Waals surface area contributed by atoms with E-state index in [0.29, 0.717) is 29.5 Å². The molecule has 1 aromatic carbocycles. The van der Waals surface area contributed by atoms with Gasteiger partial charge in [-0.2, -0.15) is 0 Å². The Kier molecular flexibility index (Phi) is 6.22. The highest BCUT2D eigenvalue weighted by molar-refractivity contribution is 7.99. The quantitative estimate of drug-likeness (QED) is 0.389. The maximum atomic E-state index is 13.0. The molecule has 10 heteroatoms. The van der Waals surface area contributed by atoms with Crippen LogP contribution in [-0.2, 0) is 24.8 Å². The predicted octanol–water partition coefficient (Wildman–Crippen LogP) is 2.40. The molecule has 3 heterocycles. The first kappa shape index (κ1) is 21.9. The zero-order valence-corrected chi connectivity index (χ0v) is 19.1. The Morgan fingerprint density at radius 3 is 2.72 bits per heavy atom. The number of rotatable bonds is 9. The molecule has 2 N–H and O–H groups in total. The van der Waals surface area contributed by atoms with Gasteiger partial charge in [0.2, 0.25) is 12.7 Å². The lowest BCUT2D eigenvalue weighted by Gasteiger charge is -2.10. The number of aromatic nitrogens is 4. The molecule has 3 aromatic rings. The van der Waals surface area contributed by atoms with Crippen LogP contribution in [0, 0.1) is 13.8 Å². The van der Waals surface area contributed by atoms with Crippen LogP contribution in [0.3, 0.4) is 0 Å². The number of nitrogens with two attached hydrogens (primary N) is 1. The Morgan fingerprint density at radius 2 is 1.94 bits per heavy atom. The molecule has 1 aliphatic rings. The summed E-state index contributed by atoms with van der Waals surface area (Å²) in [4.78, 5) is 23.9. The highest BCUT2D eigenvalue weighted by Crippen LogP contribution is 2.33. The summed E-state index contributed by atoms with van der Waals surface area (Å²) in [6, 6.07) is 7.82. The molecule has 4 rings (SSSR count). The maximum absolute atomic E-state index is 13.0. The first-order valence-electron chi connectivity index (χ1n) is 10.2. The zero-order valence-electron chi connectivity index (χ0n) is 18.3. The van der Waals surface area contributed by atoms with Crippen LogP contribution in [0.4, 0.5) is 0 Å². The van der Waals surface area contributed by atoms with Crippen LogP contribution >= 0.6 is 11.8 Å². The molecule has 32 heavy (non-hydrogen) atoms. The summed E-state index contributed by atoms with van der Waals surface area (Å²) in [6.45, 7) is 4.84. The van der Waals surface area contributed by atoms with E-state index in [0.717, 1.165) is 28.5 Å². The number of hydrogen-bond acceptors (Lipinski definition) is 7. The Bertz CT molecular complexity index is 1180. The molecule has 0 aliphatic carbocycles. The van der Waals surface area contributed by atoms with E-state index in [1.807, 2.05) is 45.2 Å². The second-order valence-electron chi connectivity index (χ2n) is 7.69. The number of ketones is 1. The maximum Gasteiger partial charge on any atom is 0.231 e. The van der Waals surface area contributed by atoms with Crippen LogP contribution in [0.25, 0.3) is 0 Å². The fourth-order valence-corrected chi connectivity index (χ4v) is 4.49. The predicted molar refractivity (Wildman–Crippen MR) is 119 cm³/mol. The summed E-state index contributed by atoms with van der Waals surface area (Å²) in [7, 11) is 1.82. The molecular formula is C22H25N5O4S. The molecule has 0 bridgehead atoms. The van der Waals surface area contributed by atoms with Gasteiger partial charge in [0.05, 0.1) is 5.75 Å². The molecule has 9 nitrogen and oxygen atoms in total. The van der Waals surface area contributed by atoms with Crippen molar-refractivity contribution in [2.75, 3.05) is 12.5 Å². The van der Waals surface area contributed by atoms with Gasteiger partial charge in [-0.15, -0.1) is 10.2 Å². The van der Waals surface area contributed by atoms with E-state index in [2.05, 4.69) is 14.8 Å². The van der Waals surface area contributed by atoms with E-state index in [4.69, 9.17) is 15.2 Å². The van der Waals surface area contributed by atoms with Crippen molar-refractivity contribution in [1.82, 2.24) is 19.3 Å². The fraction of sp³-hybridized carbons (Fsp3) is 0.364. The topological polar surface area (TPSA) is 114 Å². The fourth-order valence-electron chi connectivity index (χ4n) is 3.68. The molecule has 0 saturated heterocycles. The summed E-state index contributed by atoms with van der Waals surface area (Å²) in [5.74, 6) is 2.06. The molecule has 0 unspecified atom stereocenters. The molecule has 1 amide bonds. The van der Waals surface area contributed by atoms with Gasteiger partial charge in [0, 0.05) is 43.4 Å². The normalized spacial score (nSPS) is 12.3. The lowest BCUT2D eigenvalue weighted by Crippen LogP contribution is -2.13. The number of amides is 1. The Balaban J connectivity index is 1.43. The first-order chi connectivity index (χ1) is 15.3. The highest BCUT2D eigenvalue weighted by atomic mass is 32.2. The Labute approximate surface area is 189 Å². The number of benzene rings is 1. The number of nitrogens with zero attached hydrogens (tertiary/aromatic N) is 4. The molecule has 2 aromatic heterocycles. The molecule has 0 fully saturated rings. The number of aryl methyl sites for hydroxylation is 2. The zero-order chi connectivity index (χ0) is 22.8. The molecular weight excluding hydrogens is 430 g/mol. The summed E-state index contributed by atoms with van der Waals surface area (Å²) in [5, 5.41) is 8.86. The first-order valence-corrected chi connectivity index (χ1v) is 11.2. The van der Waals surface area contributed by atoms with E-state index in [-0.39, 0.29) is 30.7 Å². The van der Waals surface area contributed by atoms with Crippen molar-refractivity contribution >= 4 is 23.5 Å². The van der Waals surface area contributed by atoms with Gasteiger partial charge in [0.1, 0.15) is 5.82 Å². The van der Waals surface area contributed by atoms with Crippen molar-refractivity contribution in [3.63, 3.8) is 0 Å². The van der Waals surface area contributed by atoms with Crippen LogP contribution in [-0.4, -0.2) is 43.6 Å². The third-order valence-corrected chi connectivity index (χ3v) is 6.52. The summed E-state index contributed by atoms with van der Waals surface area (Å²) in [6.07, 6.45) is 0.638. The van der Waals surface area contributed by atoms with Gasteiger partial charge in [-0.1, -0.05) is 17.8 Å². The highest BCUT2D eigenvalue weighted by Gasteiger charge is 2.19. The standard InChI is InChI=1S/C22H25N5O4S/c1-13-8-16(14(2)27(13)10-15-4-5-18-19(9-15)31-12-30-18)17(28)11-32-22-25-24-21(26(22)3)7-6-20(23)29/h4-5,8-9H,6-7,10-12H2,1-3H3,(H2,23,29). The monoisotopic (exact) mass is 455 g/mol. The van der Waals surface area contributed by atoms with Crippen LogP contribution in [0.5, 0.6) is 11.5 Å². The van der Waals surface area contributed by atoms with Crippen molar-refractivity contribution in [3.8, 4) is 11.5 Å². The summed E-state index contributed by atoms with van der Waals surface area (Å²) < 4.78 is 14.8. The lowest BCUT2D eigenvalue weighted by atomic mass is 10.1. The number of ether oxygens (including phenoxy) is 2. The lowest BCUT2D eigenvalue weighted by molar-refractivity contribution is -0.118. The van der Waals surface area contributed by atoms with Gasteiger partial charge in [-0.3, -0.25) is 9.59 Å². The molecule has 168 valence electrons. The van der Waals surface area contributed by atoms with Crippen molar-refractivity contribution in [1.29, 1.82) is 0 Å². The van der Waals surface area contributed by atoms with E-state index >= 15 is 0 Å². The van der Waals surface area contributed by atoms with Gasteiger partial charge in [0.15, 0.2) is 22.4 Å². The SMILES string of the molecule is Cc1cc(C(=O)CSc2nnc(CCC(N)=O)n2C)c(C)n1Cc1ccc2c(c1)OCO2. The second kappa shape index (κ2) is 9.07. The number of fused-ring (bicyclic) bond motifs is 1. The number of primary amides is 1. The number of Topliss-reactive ketones (excluding diaryl/α,β-unsaturated/α-hetero) is 1. The van der Waals surface area contributed by atoms with Gasteiger partial charge in [-0.05, 0) is 37.6 Å². The van der Waals surface area contributed by atoms with Crippen molar-refractivity contribution in [2.45, 2.75) is 38.4 Å². The minimum absolute atomic E-state index is 0.0294. The molecule has 0 spiro atoms. The number of carbonyl (C=O) groups excluding carboxylic acids is 2.